The molecule has 8 nitrogen and oxygen atoms in total. The van der Waals surface area contributed by atoms with Crippen LogP contribution < -0.4 is 9.62 Å². The Bertz CT molecular complexity index is 2080. The number of amides is 1. The minimum atomic E-state index is -4.07. The fraction of sp³-hybridized carbons (Fsp3) is 0.413. The zero-order valence-corrected chi connectivity index (χ0v) is 35.4. The van der Waals surface area contributed by atoms with Crippen LogP contribution in [-0.4, -0.2) is 95.4 Å². The highest BCUT2D eigenvalue weighted by molar-refractivity contribution is 7.99. The van der Waals surface area contributed by atoms with Crippen LogP contribution in [0.25, 0.3) is 5.57 Å². The third-order valence-corrected chi connectivity index (χ3v) is 14.4. The highest BCUT2D eigenvalue weighted by Gasteiger charge is 2.24. The van der Waals surface area contributed by atoms with Gasteiger partial charge in [0.05, 0.1) is 18.1 Å². The summed E-state index contributed by atoms with van der Waals surface area (Å²) in [5.41, 5.74) is 7.71. The van der Waals surface area contributed by atoms with E-state index in [0.717, 1.165) is 119 Å². The third kappa shape index (κ3) is 11.5. The number of ether oxygens (including phenoxy) is 1. The highest BCUT2D eigenvalue weighted by atomic mass is 35.5. The molecular formula is C46H55ClN4O4S2. The molecule has 0 bridgehead atoms. The predicted octanol–water partition coefficient (Wildman–Crippen LogP) is 8.59. The van der Waals surface area contributed by atoms with Crippen molar-refractivity contribution in [1.29, 1.82) is 0 Å². The number of nitrogens with one attached hydrogen (secondary N) is 1. The summed E-state index contributed by atoms with van der Waals surface area (Å²) < 4.78 is 34.8. The van der Waals surface area contributed by atoms with Crippen LogP contribution >= 0.6 is 23.4 Å². The minimum Gasteiger partial charge on any atom is -0.379 e. The van der Waals surface area contributed by atoms with Crippen molar-refractivity contribution >= 4 is 50.6 Å². The maximum atomic E-state index is 13.5. The van der Waals surface area contributed by atoms with Gasteiger partial charge in [0.2, 0.25) is 0 Å². The van der Waals surface area contributed by atoms with Gasteiger partial charge in [-0.1, -0.05) is 53.6 Å². The van der Waals surface area contributed by atoms with Crippen molar-refractivity contribution in [2.45, 2.75) is 55.2 Å². The standard InChI is InChI=1S/C46H55ClN4O4S2/c1-35-31-44(20-15-39(35)32-36(21-22-49-27-29-55-30-28-49)34-56-43-8-3-2-4-9-43)57(53,54)48-46(52)38-13-18-42(19-14-38)51-25-23-50(24-26-51)33-40-7-5-6-10-45(40)37-11-16-41(47)17-12-37/h2-4,8-9,11-20,31,36H,5-7,10,21-30,32-34H2,1H3,(H,48,52)/t36-/m0/s1. The number of hydrogen-bond acceptors (Lipinski definition) is 8. The van der Waals surface area contributed by atoms with Crippen LogP contribution in [-0.2, 0) is 21.2 Å². The van der Waals surface area contributed by atoms with Gasteiger partial charge in [-0.25, -0.2) is 13.1 Å². The van der Waals surface area contributed by atoms with Crippen molar-refractivity contribution in [2.75, 3.05) is 76.2 Å². The van der Waals surface area contributed by atoms with E-state index >= 15 is 0 Å². The Kier molecular flexibility index (Phi) is 14.5. The SMILES string of the molecule is Cc1cc(S(=O)(=O)NC(=O)c2ccc(N3CCN(CC4=C(c5ccc(Cl)cc5)CCCC4)CC3)cc2)ccc1C[C@H](CCN1CCOCC1)CSc1ccccc1. The number of allylic oxidation sites excluding steroid dienone is 1. The van der Waals surface area contributed by atoms with Gasteiger partial charge in [-0.05, 0) is 141 Å². The van der Waals surface area contributed by atoms with E-state index in [1.54, 1.807) is 29.8 Å². The van der Waals surface area contributed by atoms with Gasteiger partial charge in [-0.2, -0.15) is 0 Å². The summed E-state index contributed by atoms with van der Waals surface area (Å²) in [5.74, 6) is 0.759. The molecule has 0 spiro atoms. The molecule has 302 valence electrons. The Labute approximate surface area is 348 Å². The van der Waals surface area contributed by atoms with E-state index in [1.165, 1.54) is 28.9 Å². The van der Waals surface area contributed by atoms with Crippen LogP contribution in [0, 0.1) is 12.8 Å². The average Bonchev–Trinajstić information content (AvgIpc) is 3.24. The van der Waals surface area contributed by atoms with E-state index in [9.17, 15) is 13.2 Å². The molecule has 2 fully saturated rings. The number of morpholine rings is 1. The molecule has 1 amide bonds. The van der Waals surface area contributed by atoms with Gasteiger partial charge in [0.15, 0.2) is 0 Å². The summed E-state index contributed by atoms with van der Waals surface area (Å²) >= 11 is 8.04. The summed E-state index contributed by atoms with van der Waals surface area (Å²) in [5, 5.41) is 0.770. The Morgan fingerprint density at radius 3 is 2.28 bits per heavy atom. The molecule has 11 heteroatoms. The van der Waals surface area contributed by atoms with E-state index in [0.29, 0.717) is 11.5 Å². The molecule has 4 aromatic carbocycles. The molecule has 2 saturated heterocycles. The minimum absolute atomic E-state index is 0.0967. The molecular weight excluding hydrogens is 772 g/mol. The zero-order chi connectivity index (χ0) is 39.6. The van der Waals surface area contributed by atoms with Gasteiger partial charge in [0.25, 0.3) is 15.9 Å². The van der Waals surface area contributed by atoms with E-state index in [4.69, 9.17) is 16.3 Å². The molecule has 1 atom stereocenters. The third-order valence-electron chi connectivity index (χ3n) is 11.6. The van der Waals surface area contributed by atoms with Crippen molar-refractivity contribution in [1.82, 2.24) is 14.5 Å². The van der Waals surface area contributed by atoms with Crippen LogP contribution in [0.4, 0.5) is 5.69 Å². The number of piperazine rings is 1. The first kappa shape index (κ1) is 41.5. The number of nitrogens with zero attached hydrogens (tertiary/aromatic N) is 3. The van der Waals surface area contributed by atoms with Crippen LogP contribution in [0.5, 0.6) is 0 Å². The highest BCUT2D eigenvalue weighted by Crippen LogP contribution is 2.34. The molecule has 1 aliphatic carbocycles. The van der Waals surface area contributed by atoms with Crippen molar-refractivity contribution < 1.29 is 17.9 Å². The monoisotopic (exact) mass is 826 g/mol. The Hall–Kier alpha value is -3.64. The number of carbonyl (C=O) groups excluding carboxylic acids is 1. The molecule has 0 saturated carbocycles. The Morgan fingerprint density at radius 2 is 1.56 bits per heavy atom. The Balaban J connectivity index is 0.925. The van der Waals surface area contributed by atoms with Gasteiger partial charge < -0.3 is 9.64 Å². The van der Waals surface area contributed by atoms with Crippen LogP contribution in [0.2, 0.25) is 5.02 Å². The second-order valence-corrected chi connectivity index (χ2v) is 18.8. The number of rotatable bonds is 15. The Morgan fingerprint density at radius 1 is 0.842 bits per heavy atom. The first-order valence-corrected chi connectivity index (χ1v) is 23.2. The van der Waals surface area contributed by atoms with Crippen LogP contribution in [0.3, 0.4) is 0 Å². The molecule has 2 heterocycles. The number of sulfonamides is 1. The van der Waals surface area contributed by atoms with E-state index in [2.05, 4.69) is 55.8 Å². The van der Waals surface area contributed by atoms with Crippen LogP contribution in [0.15, 0.2) is 112 Å². The lowest BCUT2D eigenvalue weighted by Crippen LogP contribution is -2.47. The van der Waals surface area contributed by atoms with Gasteiger partial charge >= 0.3 is 0 Å². The van der Waals surface area contributed by atoms with Crippen molar-refractivity contribution in [3.63, 3.8) is 0 Å². The van der Waals surface area contributed by atoms with E-state index in [-0.39, 0.29) is 4.90 Å². The first-order chi connectivity index (χ1) is 27.7. The number of halogens is 1. The molecule has 57 heavy (non-hydrogen) atoms. The summed E-state index contributed by atoms with van der Waals surface area (Å²) in [6.07, 6.45) is 6.65. The lowest BCUT2D eigenvalue weighted by molar-refractivity contribution is 0.0358. The second-order valence-electron chi connectivity index (χ2n) is 15.6. The van der Waals surface area contributed by atoms with Crippen molar-refractivity contribution in [3.05, 3.63) is 130 Å². The van der Waals surface area contributed by atoms with Crippen molar-refractivity contribution in [3.8, 4) is 0 Å². The second kappa shape index (κ2) is 19.9. The summed E-state index contributed by atoms with van der Waals surface area (Å²) in [4.78, 5) is 22.0. The maximum Gasteiger partial charge on any atom is 0.264 e. The van der Waals surface area contributed by atoms with Gasteiger partial charge in [-0.15, -0.1) is 11.8 Å². The molecule has 3 aliphatic rings. The molecule has 1 N–H and O–H groups in total. The molecule has 0 unspecified atom stereocenters. The molecule has 2 aliphatic heterocycles. The smallest absolute Gasteiger partial charge is 0.264 e. The lowest BCUT2D eigenvalue weighted by Gasteiger charge is -2.37. The lowest BCUT2D eigenvalue weighted by atomic mass is 9.87. The fourth-order valence-electron chi connectivity index (χ4n) is 8.18. The largest absolute Gasteiger partial charge is 0.379 e. The summed E-state index contributed by atoms with van der Waals surface area (Å²) in [7, 11) is -4.07. The number of carbonyl (C=O) groups is 1. The van der Waals surface area contributed by atoms with Gasteiger partial charge in [-0.3, -0.25) is 14.6 Å². The number of benzene rings is 4. The maximum absolute atomic E-state index is 13.5. The van der Waals surface area contributed by atoms with E-state index < -0.39 is 15.9 Å². The summed E-state index contributed by atoms with van der Waals surface area (Å²) in [6.45, 7) is 11.2. The van der Waals surface area contributed by atoms with Gasteiger partial charge in [0.1, 0.15) is 0 Å². The molecule has 0 aromatic heterocycles. The number of aryl methyl sites for hydroxylation is 1. The normalized spacial score (nSPS) is 17.8. The molecule has 4 aromatic rings. The van der Waals surface area contributed by atoms with E-state index in [1.807, 2.05) is 55.1 Å². The predicted molar refractivity (Wildman–Crippen MR) is 234 cm³/mol. The zero-order valence-electron chi connectivity index (χ0n) is 33.0. The number of thioether (sulfide) groups is 1. The molecule has 7 rings (SSSR count). The van der Waals surface area contributed by atoms with Crippen molar-refractivity contribution in [2.24, 2.45) is 5.92 Å². The quantitative estimate of drug-likeness (QED) is 0.120. The number of hydrogen-bond donors (Lipinski definition) is 1. The van der Waals surface area contributed by atoms with Crippen LogP contribution in [0.1, 0.15) is 59.2 Å². The first-order valence-electron chi connectivity index (χ1n) is 20.4. The number of anilines is 1. The molecule has 0 radical (unpaired) electrons. The fourth-order valence-corrected chi connectivity index (χ4v) is 10.4. The average molecular weight is 828 g/mol. The summed E-state index contributed by atoms with van der Waals surface area (Å²) in [6, 6.07) is 31.3. The topological polar surface area (TPSA) is 82.2 Å². The van der Waals surface area contributed by atoms with Gasteiger partial charge in [0, 0.05) is 72.7 Å².